The number of methoxy groups -OCH3 is 3. The lowest BCUT2D eigenvalue weighted by atomic mass is 9.77. The lowest BCUT2D eigenvalue weighted by Gasteiger charge is -2.43. The first-order chi connectivity index (χ1) is 33.2. The van der Waals surface area contributed by atoms with Gasteiger partial charge < -0.3 is 43.9 Å². The van der Waals surface area contributed by atoms with Crippen LogP contribution in [0.1, 0.15) is 125 Å². The molecule has 0 radical (unpaired) electrons. The van der Waals surface area contributed by atoms with Crippen LogP contribution in [0.2, 0.25) is 0 Å². The Balaban J connectivity index is 1.48. The number of aromatic nitrogens is 4. The predicted molar refractivity (Wildman–Crippen MR) is 257 cm³/mol. The first kappa shape index (κ1) is 56.6. The number of aliphatic hydroxyl groups is 3. The standard InChI is InChI=1S/C52H79N5O13/c1-30-15-12-11-13-16-31(2)42(66-8)27-38-20-18-36(7)52(65,70-38)49(62)50(63)56-22-14-17-40(58)45(56)51(64)69-43(33(4)25-37-19-21-39(44(26-37)67-9)57-29-53-54-55-57)28-41(59)32(3)24-35(6)47(61)48(68-10)46(60)34(5)23-30/h11-13,15-16,24,29-30,32-34,36-40,42-45,47-48,58,61,65H,14,17-23,25-28H2,1-10H3/b13-11+,15-12+,31-16+,35-24+/t30-,32-,33-,34-,36-,37+,38+,39?,40?,42+,43+,44-,45+,47-,48+,52-/m1/s1. The zero-order valence-corrected chi connectivity index (χ0v) is 42.8. The number of hydrogen-bond acceptors (Lipinski definition) is 16. The Bertz CT molecular complexity index is 2060. The quantitative estimate of drug-likeness (QED) is 0.185. The summed E-state index contributed by atoms with van der Waals surface area (Å²) in [5.41, 5.74) is 1.21. The van der Waals surface area contributed by atoms with Crippen LogP contribution in [0.5, 0.6) is 0 Å². The number of aliphatic hydroxyl groups excluding tert-OH is 2. The number of allylic oxidation sites excluding steroid dienone is 6. The van der Waals surface area contributed by atoms with Crippen LogP contribution < -0.4 is 0 Å². The van der Waals surface area contributed by atoms with Gasteiger partial charge in [0.1, 0.15) is 30.4 Å². The summed E-state index contributed by atoms with van der Waals surface area (Å²) in [6.45, 7) is 12.4. The van der Waals surface area contributed by atoms with Crippen LogP contribution >= 0.6 is 0 Å². The van der Waals surface area contributed by atoms with Gasteiger partial charge in [0, 0.05) is 58.5 Å². The van der Waals surface area contributed by atoms with E-state index in [0.29, 0.717) is 44.1 Å². The zero-order valence-electron chi connectivity index (χ0n) is 42.8. The van der Waals surface area contributed by atoms with Crippen molar-refractivity contribution >= 4 is 29.2 Å². The monoisotopic (exact) mass is 982 g/mol. The molecule has 1 aromatic heterocycles. The molecule has 1 amide bonds. The van der Waals surface area contributed by atoms with Gasteiger partial charge in [0.2, 0.25) is 5.79 Å². The maximum atomic E-state index is 14.6. The molecule has 16 atom stereocenters. The number of fused-ring (bicyclic) bond motifs is 3. The molecule has 0 aromatic carbocycles. The van der Waals surface area contributed by atoms with Crippen LogP contribution in [-0.2, 0) is 47.7 Å². The van der Waals surface area contributed by atoms with Crippen LogP contribution in [0, 0.1) is 35.5 Å². The summed E-state index contributed by atoms with van der Waals surface area (Å²) in [5, 5.41) is 46.6. The third-order valence-corrected chi connectivity index (χ3v) is 15.2. The molecule has 4 aliphatic rings. The minimum absolute atomic E-state index is 0.00150. The number of tetrazole rings is 1. The topological polar surface area (TPSA) is 239 Å². The molecule has 18 heteroatoms. The van der Waals surface area contributed by atoms with Gasteiger partial charge in [0.15, 0.2) is 11.8 Å². The highest BCUT2D eigenvalue weighted by Crippen LogP contribution is 2.39. The van der Waals surface area contributed by atoms with Gasteiger partial charge in [-0.3, -0.25) is 19.2 Å². The van der Waals surface area contributed by atoms with Crippen molar-refractivity contribution in [1.29, 1.82) is 0 Å². The van der Waals surface area contributed by atoms with Gasteiger partial charge in [-0.1, -0.05) is 71.1 Å². The Morgan fingerprint density at radius 1 is 0.886 bits per heavy atom. The number of amides is 1. The number of carbonyl (C=O) groups is 5. The Morgan fingerprint density at radius 3 is 2.30 bits per heavy atom. The van der Waals surface area contributed by atoms with E-state index in [1.807, 2.05) is 51.2 Å². The first-order valence-electron chi connectivity index (χ1n) is 25.1. The summed E-state index contributed by atoms with van der Waals surface area (Å²) in [7, 11) is 4.56. The molecule has 390 valence electrons. The van der Waals surface area contributed by atoms with Gasteiger partial charge >= 0.3 is 5.97 Å². The lowest BCUT2D eigenvalue weighted by molar-refractivity contribution is -0.265. The molecule has 2 bridgehead atoms. The van der Waals surface area contributed by atoms with Gasteiger partial charge in [0.25, 0.3) is 11.7 Å². The molecular formula is C52H79N5O13. The second-order valence-corrected chi connectivity index (χ2v) is 20.5. The highest BCUT2D eigenvalue weighted by atomic mass is 16.6. The third kappa shape index (κ3) is 14.0. The number of esters is 1. The summed E-state index contributed by atoms with van der Waals surface area (Å²) in [5.74, 6) is -8.93. The summed E-state index contributed by atoms with van der Waals surface area (Å²) in [6.07, 6.45) is 10.7. The summed E-state index contributed by atoms with van der Waals surface area (Å²) in [4.78, 5) is 72.2. The average Bonchev–Trinajstić information content (AvgIpc) is 3.88. The molecule has 2 unspecified atom stereocenters. The van der Waals surface area contributed by atoms with Gasteiger partial charge in [-0.2, -0.15) is 0 Å². The van der Waals surface area contributed by atoms with E-state index in [-0.39, 0.29) is 67.8 Å². The van der Waals surface area contributed by atoms with Crippen molar-refractivity contribution in [2.45, 2.75) is 180 Å². The number of Topliss-reactive ketones (excluding diaryl/α,β-unsaturated/α-hetero) is 3. The van der Waals surface area contributed by atoms with Gasteiger partial charge in [-0.05, 0) is 111 Å². The van der Waals surface area contributed by atoms with Crippen LogP contribution in [-0.4, -0.2) is 152 Å². The molecule has 4 heterocycles. The van der Waals surface area contributed by atoms with E-state index in [2.05, 4.69) is 15.5 Å². The SMILES string of the molecule is CO[C@H]1C[C@@H]2CC[C@@H](C)[C@@](O)(O2)C(=O)C(=O)N2CCCC(O)[C@H]2C(=O)O[C@H]([C@H](C)C[C@@H]2CCC(n3cnnn3)[C@H](OC)C2)CC(=O)[C@H](C)/C=C(\C)[C@@H](O)[C@@H](OC)C(=O)[C@H](C)C[C@H](C)/C=C/C=C/C=C/1C. The molecule has 3 N–H and O–H groups in total. The number of cyclic esters (lactones) is 1. The number of ketones is 3. The fourth-order valence-corrected chi connectivity index (χ4v) is 10.8. The van der Waals surface area contributed by atoms with E-state index in [1.165, 1.54) is 7.11 Å². The van der Waals surface area contributed by atoms with Gasteiger partial charge in [0.05, 0.1) is 30.5 Å². The van der Waals surface area contributed by atoms with Crippen LogP contribution in [0.15, 0.2) is 53.9 Å². The molecule has 18 nitrogen and oxygen atoms in total. The fraction of sp³-hybridized carbons (Fsp3) is 0.731. The van der Waals surface area contributed by atoms with Crippen LogP contribution in [0.4, 0.5) is 0 Å². The molecule has 1 aliphatic carbocycles. The van der Waals surface area contributed by atoms with Crippen molar-refractivity contribution in [2.75, 3.05) is 27.9 Å². The Morgan fingerprint density at radius 2 is 1.63 bits per heavy atom. The smallest absolute Gasteiger partial charge is 0.331 e. The second kappa shape index (κ2) is 25.9. The highest BCUT2D eigenvalue weighted by Gasteiger charge is 2.54. The molecule has 0 spiro atoms. The van der Waals surface area contributed by atoms with Crippen molar-refractivity contribution < 1.29 is 63.0 Å². The normalized spacial score (nSPS) is 39.4. The number of hydrogen-bond donors (Lipinski definition) is 3. The van der Waals surface area contributed by atoms with Gasteiger partial charge in [-0.15, -0.1) is 5.10 Å². The lowest BCUT2D eigenvalue weighted by Crippen LogP contribution is -2.63. The van der Waals surface area contributed by atoms with E-state index < -0.39 is 89.8 Å². The minimum Gasteiger partial charge on any atom is -0.460 e. The maximum absolute atomic E-state index is 14.6. The van der Waals surface area contributed by atoms with Crippen molar-refractivity contribution in [2.24, 2.45) is 35.5 Å². The van der Waals surface area contributed by atoms with Crippen molar-refractivity contribution in [1.82, 2.24) is 25.1 Å². The van der Waals surface area contributed by atoms with Crippen molar-refractivity contribution in [3.63, 3.8) is 0 Å². The zero-order chi connectivity index (χ0) is 51.4. The van der Waals surface area contributed by atoms with Crippen molar-refractivity contribution in [3.05, 3.63) is 53.9 Å². The average molecular weight is 982 g/mol. The minimum atomic E-state index is -2.52. The number of nitrogens with zero attached hydrogens (tertiary/aromatic N) is 5. The molecule has 70 heavy (non-hydrogen) atoms. The number of ether oxygens (including phenoxy) is 5. The van der Waals surface area contributed by atoms with E-state index in [4.69, 9.17) is 23.7 Å². The Labute approximate surface area is 413 Å². The van der Waals surface area contributed by atoms with Gasteiger partial charge in [-0.25, -0.2) is 9.48 Å². The summed E-state index contributed by atoms with van der Waals surface area (Å²) >= 11 is 0. The van der Waals surface area contributed by atoms with Crippen molar-refractivity contribution in [3.8, 4) is 0 Å². The van der Waals surface area contributed by atoms with E-state index in [1.54, 1.807) is 59.0 Å². The fourth-order valence-electron chi connectivity index (χ4n) is 10.8. The molecule has 1 saturated carbocycles. The number of piperidine rings is 1. The Kier molecular flexibility index (Phi) is 20.9. The number of carbonyl (C=O) groups excluding carboxylic acids is 5. The summed E-state index contributed by atoms with van der Waals surface area (Å²) < 4.78 is 31.4. The highest BCUT2D eigenvalue weighted by molar-refractivity contribution is 6.39. The van der Waals surface area contributed by atoms with Crippen LogP contribution in [0.3, 0.4) is 0 Å². The maximum Gasteiger partial charge on any atom is 0.331 e. The predicted octanol–water partition coefficient (Wildman–Crippen LogP) is 5.02. The molecule has 2 saturated heterocycles. The number of rotatable bonds is 7. The second-order valence-electron chi connectivity index (χ2n) is 20.5. The van der Waals surface area contributed by atoms with Crippen LogP contribution in [0.25, 0.3) is 0 Å². The molecule has 1 aromatic rings. The summed E-state index contributed by atoms with van der Waals surface area (Å²) in [6, 6.07) is -1.70. The molecular weight excluding hydrogens is 903 g/mol. The molecule has 3 aliphatic heterocycles. The van der Waals surface area contributed by atoms with E-state index in [0.717, 1.165) is 16.9 Å². The first-order valence-corrected chi connectivity index (χ1v) is 25.1. The third-order valence-electron chi connectivity index (χ3n) is 15.2. The largest absolute Gasteiger partial charge is 0.460 e. The Hall–Kier alpha value is -4.30. The molecule has 3 fully saturated rings. The molecule has 5 rings (SSSR count). The van der Waals surface area contributed by atoms with E-state index >= 15 is 0 Å². The van der Waals surface area contributed by atoms with E-state index in [9.17, 15) is 39.3 Å².